The van der Waals surface area contributed by atoms with Gasteiger partial charge in [0, 0.05) is 17.2 Å². The number of aliphatic hydroxyl groups is 1. The third-order valence-electron chi connectivity index (χ3n) is 2.41. The predicted molar refractivity (Wildman–Crippen MR) is 86.1 cm³/mol. The number of hydrogen-bond acceptors (Lipinski definition) is 1. The molecule has 0 aliphatic heterocycles. The zero-order valence-corrected chi connectivity index (χ0v) is 12.1. The van der Waals surface area contributed by atoms with E-state index >= 15 is 0 Å². The molecule has 4 heteroatoms. The van der Waals surface area contributed by atoms with Gasteiger partial charge in [-0.3, -0.25) is 0 Å². The first-order valence-corrected chi connectivity index (χ1v) is 5.98. The Bertz CT molecular complexity index is 643. The van der Waals surface area contributed by atoms with Crippen molar-refractivity contribution in [1.82, 2.24) is 0 Å². The van der Waals surface area contributed by atoms with Gasteiger partial charge in [0.25, 0.3) is 0 Å². The molecule has 0 aromatic carbocycles. The zero-order chi connectivity index (χ0) is 17.4. The van der Waals surface area contributed by atoms with Crippen LogP contribution in [0.5, 0.6) is 0 Å². The molecule has 0 aliphatic carbocycles. The van der Waals surface area contributed by atoms with E-state index in [9.17, 15) is 13.2 Å². The molecule has 0 saturated carbocycles. The molecule has 0 unspecified atom stereocenters. The van der Waals surface area contributed by atoms with Crippen LogP contribution in [0.25, 0.3) is 0 Å². The van der Waals surface area contributed by atoms with Crippen molar-refractivity contribution in [1.29, 1.82) is 0 Å². The Labute approximate surface area is 128 Å². The molecule has 0 aliphatic rings. The van der Waals surface area contributed by atoms with Crippen LogP contribution in [0, 0.1) is 0 Å². The fourth-order valence-corrected chi connectivity index (χ4v) is 1.16. The molecular formula is C18H17F3O. The van der Waals surface area contributed by atoms with E-state index in [0.717, 1.165) is 18.2 Å². The Morgan fingerprint density at radius 1 is 0.682 bits per heavy atom. The van der Waals surface area contributed by atoms with Gasteiger partial charge in [-0.1, -0.05) is 45.5 Å². The van der Waals surface area contributed by atoms with Gasteiger partial charge in [0.15, 0.2) is 0 Å². The van der Waals surface area contributed by atoms with Crippen LogP contribution >= 0.6 is 0 Å². The van der Waals surface area contributed by atoms with Crippen molar-refractivity contribution in [2.24, 2.45) is 0 Å². The van der Waals surface area contributed by atoms with E-state index in [1.807, 2.05) is 0 Å². The average Bonchev–Trinajstić information content (AvgIpc) is 2.41. The molecule has 1 nitrogen and oxygen atoms in total. The molecule has 0 amide bonds. The fraction of sp³-hybridized carbons (Fsp3) is 0. The van der Waals surface area contributed by atoms with Gasteiger partial charge in [-0.15, -0.1) is 0 Å². The number of aliphatic hydroxyl groups excluding tert-OH is 1. The fourth-order valence-electron chi connectivity index (χ4n) is 1.16. The van der Waals surface area contributed by atoms with Crippen molar-refractivity contribution in [2.45, 2.75) is 0 Å². The summed E-state index contributed by atoms with van der Waals surface area (Å²) in [4.78, 5) is 0. The molecule has 0 radical (unpaired) electrons. The number of hydrogen-bond donors (Lipinski definition) is 1. The summed E-state index contributed by atoms with van der Waals surface area (Å²) in [6, 6.07) is 0. The van der Waals surface area contributed by atoms with Crippen LogP contribution < -0.4 is 0 Å². The highest BCUT2D eigenvalue weighted by molar-refractivity contribution is 5.53. The van der Waals surface area contributed by atoms with Crippen LogP contribution in [0.1, 0.15) is 0 Å². The monoisotopic (exact) mass is 306 g/mol. The highest BCUT2D eigenvalue weighted by Gasteiger charge is 2.09. The van der Waals surface area contributed by atoms with E-state index in [2.05, 4.69) is 39.5 Å². The van der Waals surface area contributed by atoms with Crippen LogP contribution in [0.3, 0.4) is 0 Å². The summed E-state index contributed by atoms with van der Waals surface area (Å²) in [5.41, 5.74) is -0.301. The third-order valence-corrected chi connectivity index (χ3v) is 2.41. The highest BCUT2D eigenvalue weighted by Crippen LogP contribution is 2.25. The second kappa shape index (κ2) is 8.52. The lowest BCUT2D eigenvalue weighted by atomic mass is 10.0. The first kappa shape index (κ1) is 19.2. The second-order valence-corrected chi connectivity index (χ2v) is 4.26. The van der Waals surface area contributed by atoms with Crippen molar-refractivity contribution in [3.63, 3.8) is 0 Å². The minimum absolute atomic E-state index is 0.0691. The van der Waals surface area contributed by atoms with Gasteiger partial charge in [-0.05, 0) is 23.3 Å². The van der Waals surface area contributed by atoms with Crippen LogP contribution in [-0.2, 0) is 0 Å². The summed E-state index contributed by atoms with van der Waals surface area (Å²) in [5, 5.41) is 8.86. The SMILES string of the molecule is C=C(F)/C=C\C(=C)C(=C)/C(F)=C\C(=C)C(=C)/C(F)=C\C(=C)O. The molecule has 0 fully saturated rings. The van der Waals surface area contributed by atoms with E-state index in [1.165, 1.54) is 6.08 Å². The van der Waals surface area contributed by atoms with Crippen molar-refractivity contribution in [2.75, 3.05) is 0 Å². The smallest absolute Gasteiger partial charge is 0.134 e. The van der Waals surface area contributed by atoms with Crippen molar-refractivity contribution in [3.05, 3.63) is 109 Å². The van der Waals surface area contributed by atoms with Gasteiger partial charge in [-0.2, -0.15) is 0 Å². The van der Waals surface area contributed by atoms with Crippen LogP contribution in [0.15, 0.2) is 109 Å². The molecule has 0 saturated heterocycles. The molecule has 0 heterocycles. The summed E-state index contributed by atoms with van der Waals surface area (Å²) < 4.78 is 40.0. The largest absolute Gasteiger partial charge is 0.508 e. The summed E-state index contributed by atoms with van der Waals surface area (Å²) in [6.45, 7) is 19.9. The standard InChI is InChI=1S/C18H17F3O/c1-11(7-8-13(3)19)15(5)17(20)9-12(2)16(6)18(21)10-14(4)22/h7-10,22H,1-6H2/b8-7-,17-9+,18-10+. The van der Waals surface area contributed by atoms with Gasteiger partial charge in [0.2, 0.25) is 0 Å². The summed E-state index contributed by atoms with van der Waals surface area (Å²) in [6.07, 6.45) is 3.83. The Hall–Kier alpha value is -2.75. The van der Waals surface area contributed by atoms with Gasteiger partial charge >= 0.3 is 0 Å². The summed E-state index contributed by atoms with van der Waals surface area (Å²) >= 11 is 0. The average molecular weight is 306 g/mol. The predicted octanol–water partition coefficient (Wildman–Crippen LogP) is 6.03. The minimum Gasteiger partial charge on any atom is -0.508 e. The maximum absolute atomic E-state index is 13.9. The second-order valence-electron chi connectivity index (χ2n) is 4.26. The Balaban J connectivity index is 5.13. The molecule has 1 N–H and O–H groups in total. The van der Waals surface area contributed by atoms with E-state index in [1.54, 1.807) is 0 Å². The van der Waals surface area contributed by atoms with Crippen molar-refractivity contribution in [3.8, 4) is 0 Å². The molecular weight excluding hydrogens is 289 g/mol. The Kier molecular flexibility index (Phi) is 7.45. The van der Waals surface area contributed by atoms with Gasteiger partial charge < -0.3 is 5.11 Å². The van der Waals surface area contributed by atoms with Crippen molar-refractivity contribution < 1.29 is 18.3 Å². The van der Waals surface area contributed by atoms with E-state index < -0.39 is 23.2 Å². The third kappa shape index (κ3) is 6.61. The lowest BCUT2D eigenvalue weighted by molar-refractivity contribution is 0.431. The molecule has 0 spiro atoms. The number of allylic oxidation sites excluding steroid dienone is 11. The van der Waals surface area contributed by atoms with Crippen LogP contribution in [-0.4, -0.2) is 5.11 Å². The molecule has 0 aromatic heterocycles. The maximum Gasteiger partial charge on any atom is 0.134 e. The van der Waals surface area contributed by atoms with Crippen molar-refractivity contribution >= 4 is 0 Å². The Morgan fingerprint density at radius 2 is 1.14 bits per heavy atom. The van der Waals surface area contributed by atoms with Gasteiger partial charge in [0.1, 0.15) is 23.2 Å². The normalized spacial score (nSPS) is 12.1. The van der Waals surface area contributed by atoms with Crippen LogP contribution in [0.4, 0.5) is 13.2 Å². The quantitative estimate of drug-likeness (QED) is 0.429. The first-order chi connectivity index (χ1) is 10.1. The molecule has 116 valence electrons. The lowest BCUT2D eigenvalue weighted by Gasteiger charge is -2.06. The molecule has 22 heavy (non-hydrogen) atoms. The summed E-state index contributed by atoms with van der Waals surface area (Å²) in [5.74, 6) is -2.96. The lowest BCUT2D eigenvalue weighted by Crippen LogP contribution is -1.90. The summed E-state index contributed by atoms with van der Waals surface area (Å²) in [7, 11) is 0. The number of rotatable bonds is 8. The van der Waals surface area contributed by atoms with E-state index in [0.29, 0.717) is 0 Å². The van der Waals surface area contributed by atoms with E-state index in [4.69, 9.17) is 5.11 Å². The van der Waals surface area contributed by atoms with E-state index in [-0.39, 0.29) is 22.3 Å². The maximum atomic E-state index is 13.9. The molecule has 0 aromatic rings. The minimum atomic E-state index is -0.903. The Morgan fingerprint density at radius 3 is 1.59 bits per heavy atom. The van der Waals surface area contributed by atoms with Crippen LogP contribution in [0.2, 0.25) is 0 Å². The van der Waals surface area contributed by atoms with Gasteiger partial charge in [0.05, 0.1) is 0 Å². The zero-order valence-electron chi connectivity index (χ0n) is 12.1. The topological polar surface area (TPSA) is 20.2 Å². The first-order valence-electron chi connectivity index (χ1n) is 5.98. The highest BCUT2D eigenvalue weighted by atomic mass is 19.1. The molecule has 0 atom stereocenters. The molecule has 0 rings (SSSR count). The number of halogens is 3. The van der Waals surface area contributed by atoms with Gasteiger partial charge in [-0.25, -0.2) is 13.2 Å². The molecule has 0 bridgehead atoms.